The molecule has 2 aliphatic rings. The smallest absolute Gasteiger partial charge is 0.410 e. The summed E-state index contributed by atoms with van der Waals surface area (Å²) in [6, 6.07) is 18.1. The van der Waals surface area contributed by atoms with Gasteiger partial charge >= 0.3 is 6.09 Å². The lowest BCUT2D eigenvalue weighted by Gasteiger charge is -2.42. The summed E-state index contributed by atoms with van der Waals surface area (Å²) in [6.07, 6.45) is 0.689. The third-order valence-corrected chi connectivity index (χ3v) is 7.06. The SMILES string of the molecule is [N-]=[N+]=NC1CC[C@@H]([C@@H](C2CC2)N(Cc2ccccc2)C(=O)OCc2ccccc2)OC1OC(=N)C(Cl)(Cl)Cl. The molecule has 0 bridgehead atoms. The van der Waals surface area contributed by atoms with Crippen molar-refractivity contribution in [2.24, 2.45) is 11.0 Å². The van der Waals surface area contributed by atoms with Crippen LogP contribution in [0.5, 0.6) is 0 Å². The van der Waals surface area contributed by atoms with Gasteiger partial charge in [-0.05, 0) is 48.3 Å². The van der Waals surface area contributed by atoms with Crippen LogP contribution in [0, 0.1) is 11.3 Å². The van der Waals surface area contributed by atoms with Gasteiger partial charge in [0.15, 0.2) is 0 Å². The molecule has 1 amide bonds. The maximum absolute atomic E-state index is 13.6. The van der Waals surface area contributed by atoms with E-state index in [1.807, 2.05) is 60.7 Å². The summed E-state index contributed by atoms with van der Waals surface area (Å²) in [5.41, 5.74) is 10.9. The molecule has 12 heteroatoms. The van der Waals surface area contributed by atoms with Crippen LogP contribution in [0.15, 0.2) is 65.8 Å². The maximum Gasteiger partial charge on any atom is 0.410 e. The van der Waals surface area contributed by atoms with E-state index in [1.54, 1.807) is 4.90 Å². The Bertz CT molecular complexity index is 1140. The molecule has 1 aliphatic heterocycles. The summed E-state index contributed by atoms with van der Waals surface area (Å²) in [4.78, 5) is 18.2. The Morgan fingerprint density at radius 2 is 1.71 bits per heavy atom. The average molecular weight is 581 g/mol. The van der Waals surface area contributed by atoms with Crippen LogP contribution in [0.2, 0.25) is 0 Å². The Morgan fingerprint density at radius 1 is 1.08 bits per heavy atom. The molecular formula is C26H28Cl3N5O4. The summed E-state index contributed by atoms with van der Waals surface area (Å²) in [7, 11) is 0. The van der Waals surface area contributed by atoms with Gasteiger partial charge in [-0.3, -0.25) is 10.3 Å². The maximum atomic E-state index is 13.6. The molecule has 38 heavy (non-hydrogen) atoms. The quantitative estimate of drug-likeness (QED) is 0.0845. The second-order valence-corrected chi connectivity index (χ2v) is 11.6. The molecule has 0 aromatic heterocycles. The number of carbonyl (C=O) groups is 1. The molecule has 9 nitrogen and oxygen atoms in total. The van der Waals surface area contributed by atoms with Crippen molar-refractivity contribution >= 4 is 46.8 Å². The lowest BCUT2D eigenvalue weighted by atomic mass is 9.94. The number of amides is 1. The van der Waals surface area contributed by atoms with E-state index in [9.17, 15) is 4.79 Å². The molecule has 2 unspecified atom stereocenters. The molecule has 2 aromatic carbocycles. The minimum absolute atomic E-state index is 0.138. The summed E-state index contributed by atoms with van der Waals surface area (Å²) in [5, 5.41) is 11.8. The number of nitrogens with one attached hydrogen (secondary N) is 1. The van der Waals surface area contributed by atoms with E-state index in [-0.39, 0.29) is 18.6 Å². The van der Waals surface area contributed by atoms with Crippen LogP contribution in [0.4, 0.5) is 4.79 Å². The lowest BCUT2D eigenvalue weighted by Crippen LogP contribution is -2.54. The van der Waals surface area contributed by atoms with Crippen molar-refractivity contribution in [2.75, 3.05) is 0 Å². The van der Waals surface area contributed by atoms with Gasteiger partial charge in [-0.15, -0.1) is 0 Å². The molecule has 4 atom stereocenters. The number of ether oxygens (including phenoxy) is 3. The van der Waals surface area contributed by atoms with E-state index < -0.39 is 34.2 Å². The molecule has 1 saturated carbocycles. The number of hydrogen-bond donors (Lipinski definition) is 1. The van der Waals surface area contributed by atoms with Gasteiger partial charge in [0.05, 0.1) is 18.2 Å². The Balaban J connectivity index is 1.57. The molecule has 1 N–H and O–H groups in total. The van der Waals surface area contributed by atoms with Crippen molar-refractivity contribution in [1.29, 1.82) is 5.41 Å². The Hall–Kier alpha value is -2.68. The highest BCUT2D eigenvalue weighted by molar-refractivity contribution is 6.76. The molecule has 2 fully saturated rings. The van der Waals surface area contributed by atoms with Crippen molar-refractivity contribution < 1.29 is 19.0 Å². The number of carbonyl (C=O) groups excluding carboxylic acids is 1. The van der Waals surface area contributed by atoms with Crippen LogP contribution < -0.4 is 0 Å². The predicted molar refractivity (Wildman–Crippen MR) is 145 cm³/mol. The molecular weight excluding hydrogens is 553 g/mol. The van der Waals surface area contributed by atoms with Crippen LogP contribution >= 0.6 is 34.8 Å². The van der Waals surface area contributed by atoms with Gasteiger partial charge in [0.1, 0.15) is 6.61 Å². The fourth-order valence-electron chi connectivity index (χ4n) is 4.59. The fraction of sp³-hybridized carbons (Fsp3) is 0.462. The summed E-state index contributed by atoms with van der Waals surface area (Å²) in [5.74, 6) is -0.449. The van der Waals surface area contributed by atoms with Gasteiger partial charge in [-0.2, -0.15) is 0 Å². The minimum Gasteiger partial charge on any atom is -0.448 e. The third-order valence-electron chi connectivity index (χ3n) is 6.54. The summed E-state index contributed by atoms with van der Waals surface area (Å²) < 4.78 is 15.4. The standard InChI is InChI=1S/C26H28Cl3N5O4/c27-26(28,29)24(30)38-23-20(32-33-31)13-14-21(37-23)22(19-11-12-19)34(15-17-7-3-1-4-8-17)25(35)36-16-18-9-5-2-6-10-18/h1-10,19-23,30H,11-16H2/t20?,21-,22+,23?/m0/s1. The fourth-order valence-corrected chi connectivity index (χ4v) is 4.73. The van der Waals surface area contributed by atoms with E-state index in [0.717, 1.165) is 24.0 Å². The minimum atomic E-state index is -2.10. The normalized spacial score (nSPS) is 22.0. The molecule has 2 aromatic rings. The van der Waals surface area contributed by atoms with Crippen molar-refractivity contribution in [3.05, 3.63) is 82.2 Å². The zero-order chi connectivity index (χ0) is 27.1. The van der Waals surface area contributed by atoms with Gasteiger partial charge in [0.2, 0.25) is 12.2 Å². The number of hydrogen-bond acceptors (Lipinski definition) is 6. The van der Waals surface area contributed by atoms with E-state index in [0.29, 0.717) is 19.4 Å². The average Bonchev–Trinajstić information content (AvgIpc) is 3.74. The molecule has 202 valence electrons. The van der Waals surface area contributed by atoms with Gasteiger partial charge in [-0.25, -0.2) is 4.79 Å². The molecule has 1 heterocycles. The Labute approximate surface area is 236 Å². The second kappa shape index (κ2) is 12.9. The summed E-state index contributed by atoms with van der Waals surface area (Å²) in [6.45, 7) is 0.462. The highest BCUT2D eigenvalue weighted by Crippen LogP contribution is 2.42. The number of halogens is 3. The highest BCUT2D eigenvalue weighted by Gasteiger charge is 2.47. The highest BCUT2D eigenvalue weighted by atomic mass is 35.6. The second-order valence-electron chi connectivity index (χ2n) is 9.32. The molecule has 0 radical (unpaired) electrons. The van der Waals surface area contributed by atoms with Crippen LogP contribution in [0.25, 0.3) is 10.4 Å². The largest absolute Gasteiger partial charge is 0.448 e. The van der Waals surface area contributed by atoms with Crippen LogP contribution in [-0.2, 0) is 27.4 Å². The molecule has 1 saturated heterocycles. The lowest BCUT2D eigenvalue weighted by molar-refractivity contribution is -0.183. The van der Waals surface area contributed by atoms with Crippen LogP contribution in [0.3, 0.4) is 0 Å². The predicted octanol–water partition coefficient (Wildman–Crippen LogP) is 7.15. The number of azide groups is 1. The van der Waals surface area contributed by atoms with Gasteiger partial charge in [0.25, 0.3) is 3.79 Å². The van der Waals surface area contributed by atoms with E-state index in [2.05, 4.69) is 10.0 Å². The molecule has 1 aliphatic carbocycles. The van der Waals surface area contributed by atoms with E-state index in [4.69, 9.17) is 60.0 Å². The Kier molecular flexibility index (Phi) is 9.63. The van der Waals surface area contributed by atoms with E-state index in [1.165, 1.54) is 0 Å². The molecule has 0 spiro atoms. The number of rotatable bonds is 9. The van der Waals surface area contributed by atoms with Gasteiger partial charge in [0, 0.05) is 11.5 Å². The van der Waals surface area contributed by atoms with Gasteiger partial charge < -0.3 is 14.2 Å². The van der Waals surface area contributed by atoms with Crippen molar-refractivity contribution in [2.45, 2.75) is 67.1 Å². The Morgan fingerprint density at radius 3 is 2.29 bits per heavy atom. The van der Waals surface area contributed by atoms with E-state index >= 15 is 0 Å². The number of alkyl halides is 3. The zero-order valence-electron chi connectivity index (χ0n) is 20.5. The van der Waals surface area contributed by atoms with Crippen molar-refractivity contribution in [3.63, 3.8) is 0 Å². The number of benzene rings is 2. The first kappa shape index (κ1) is 28.3. The molecule has 4 rings (SSSR count). The first-order chi connectivity index (χ1) is 18.3. The monoisotopic (exact) mass is 579 g/mol. The van der Waals surface area contributed by atoms with Crippen molar-refractivity contribution in [3.8, 4) is 0 Å². The zero-order valence-corrected chi connectivity index (χ0v) is 22.7. The topological polar surface area (TPSA) is 121 Å². The first-order valence-corrected chi connectivity index (χ1v) is 13.4. The third kappa shape index (κ3) is 7.68. The van der Waals surface area contributed by atoms with Crippen LogP contribution in [-0.4, -0.2) is 45.2 Å². The number of nitrogens with zero attached hydrogens (tertiary/aromatic N) is 4. The first-order valence-electron chi connectivity index (χ1n) is 12.3. The summed E-state index contributed by atoms with van der Waals surface area (Å²) >= 11 is 17.4. The van der Waals surface area contributed by atoms with Crippen molar-refractivity contribution in [1.82, 2.24) is 4.90 Å². The van der Waals surface area contributed by atoms with Crippen LogP contribution in [0.1, 0.15) is 36.8 Å². The van der Waals surface area contributed by atoms with Gasteiger partial charge in [-0.1, -0.05) is 101 Å².